The van der Waals surface area contributed by atoms with Crippen molar-refractivity contribution in [3.8, 4) is 0 Å². The third-order valence-corrected chi connectivity index (χ3v) is 3.21. The van der Waals surface area contributed by atoms with Gasteiger partial charge in [-0.2, -0.15) is 0 Å². The molecule has 0 fully saturated rings. The maximum Gasteiger partial charge on any atom is 0.242 e. The first-order valence-corrected chi connectivity index (χ1v) is 6.78. The molecular weight excluding hydrogens is 278 g/mol. The van der Waals surface area contributed by atoms with Crippen LogP contribution in [0.5, 0.6) is 0 Å². The Balaban J connectivity index is 2.40. The van der Waals surface area contributed by atoms with Gasteiger partial charge in [0, 0.05) is 6.92 Å². The number of hydrogen-bond donors (Lipinski definition) is 0. The Morgan fingerprint density at radius 1 is 1.25 bits per heavy atom. The van der Waals surface area contributed by atoms with Crippen LogP contribution in [0, 0.1) is 20.8 Å². The van der Waals surface area contributed by atoms with Gasteiger partial charge in [-0.25, -0.2) is 0 Å². The van der Waals surface area contributed by atoms with Crippen molar-refractivity contribution in [2.75, 3.05) is 10.8 Å². The first-order chi connectivity index (χ1) is 9.52. The molecule has 2 aromatic rings. The van der Waals surface area contributed by atoms with Crippen molar-refractivity contribution in [1.82, 2.24) is 10.2 Å². The number of halogens is 1. The van der Waals surface area contributed by atoms with Crippen LogP contribution in [0.15, 0.2) is 22.6 Å². The van der Waals surface area contributed by atoms with E-state index in [1.165, 1.54) is 0 Å². The number of carbonyl (C=O) groups is 1. The van der Waals surface area contributed by atoms with E-state index in [1.807, 2.05) is 32.0 Å². The molecule has 0 spiro atoms. The number of aromatic nitrogens is 2. The molecule has 1 aromatic heterocycles. The largest absolute Gasteiger partial charge is 0.424 e. The van der Waals surface area contributed by atoms with Gasteiger partial charge in [-0.1, -0.05) is 18.2 Å². The fourth-order valence-electron chi connectivity index (χ4n) is 2.13. The van der Waals surface area contributed by atoms with Gasteiger partial charge in [0.1, 0.15) is 12.4 Å². The molecular formula is C14H16ClN3O2. The molecule has 0 saturated heterocycles. The summed E-state index contributed by atoms with van der Waals surface area (Å²) in [6.45, 7) is 5.84. The molecule has 5 nitrogen and oxygen atoms in total. The highest BCUT2D eigenvalue weighted by molar-refractivity contribution is 6.29. The molecule has 0 unspecified atom stereocenters. The smallest absolute Gasteiger partial charge is 0.242 e. The molecule has 20 heavy (non-hydrogen) atoms. The number of rotatable bonds is 4. The van der Waals surface area contributed by atoms with Crippen LogP contribution in [-0.4, -0.2) is 22.0 Å². The van der Waals surface area contributed by atoms with E-state index in [-0.39, 0.29) is 18.3 Å². The number of hydrogen-bond acceptors (Lipinski definition) is 4. The highest BCUT2D eigenvalue weighted by Crippen LogP contribution is 2.26. The van der Waals surface area contributed by atoms with Gasteiger partial charge in [-0.15, -0.1) is 21.8 Å². The number of para-hydroxylation sites is 1. The fraction of sp³-hybridized carbons (Fsp3) is 0.357. The summed E-state index contributed by atoms with van der Waals surface area (Å²) in [5, 5.41) is 7.71. The minimum absolute atomic E-state index is 0.0963. The molecule has 0 bridgehead atoms. The second-order valence-electron chi connectivity index (χ2n) is 4.57. The molecule has 106 valence electrons. The van der Waals surface area contributed by atoms with Gasteiger partial charge in [0.05, 0.1) is 5.69 Å². The van der Waals surface area contributed by atoms with Gasteiger partial charge in [0.25, 0.3) is 0 Å². The zero-order valence-corrected chi connectivity index (χ0v) is 12.4. The minimum Gasteiger partial charge on any atom is -0.424 e. The molecule has 0 N–H and O–H groups in total. The van der Waals surface area contributed by atoms with Crippen LogP contribution in [0.1, 0.15) is 22.9 Å². The van der Waals surface area contributed by atoms with E-state index in [0.29, 0.717) is 11.8 Å². The molecule has 6 heteroatoms. The lowest BCUT2D eigenvalue weighted by atomic mass is 10.1. The molecule has 1 amide bonds. The molecule has 0 saturated carbocycles. The third-order valence-electron chi connectivity index (χ3n) is 2.99. The van der Waals surface area contributed by atoms with Crippen molar-refractivity contribution in [2.24, 2.45) is 0 Å². The van der Waals surface area contributed by atoms with Crippen LogP contribution >= 0.6 is 11.6 Å². The van der Waals surface area contributed by atoms with Crippen LogP contribution in [0.2, 0.25) is 0 Å². The standard InChI is InChI=1S/C14H16ClN3O2/c1-9-5-4-6-10(2)14(9)18(13(19)7-15)8-12-17-16-11(3)20-12/h4-6H,7-8H2,1-3H3. The number of carbonyl (C=O) groups excluding carboxylic acids is 1. The van der Waals surface area contributed by atoms with Crippen molar-refractivity contribution in [3.63, 3.8) is 0 Å². The average molecular weight is 294 g/mol. The second kappa shape index (κ2) is 6.05. The maximum atomic E-state index is 12.1. The van der Waals surface area contributed by atoms with Gasteiger partial charge in [-0.05, 0) is 25.0 Å². The predicted molar refractivity (Wildman–Crippen MR) is 76.9 cm³/mol. The highest BCUT2D eigenvalue weighted by Gasteiger charge is 2.21. The van der Waals surface area contributed by atoms with Gasteiger partial charge in [-0.3, -0.25) is 4.79 Å². The Hall–Kier alpha value is -1.88. The summed E-state index contributed by atoms with van der Waals surface area (Å²) >= 11 is 5.71. The number of nitrogens with zero attached hydrogens (tertiary/aromatic N) is 3. The summed E-state index contributed by atoms with van der Waals surface area (Å²) in [6.07, 6.45) is 0. The molecule has 0 aliphatic carbocycles. The van der Waals surface area contributed by atoms with Gasteiger partial charge < -0.3 is 9.32 Å². The SMILES string of the molecule is Cc1nnc(CN(C(=O)CCl)c2c(C)cccc2C)o1. The van der Waals surface area contributed by atoms with E-state index in [2.05, 4.69) is 10.2 Å². The van der Waals surface area contributed by atoms with Crippen LogP contribution in [0.3, 0.4) is 0 Å². The topological polar surface area (TPSA) is 59.2 Å². The number of alkyl halides is 1. The number of anilines is 1. The minimum atomic E-state index is -0.195. The molecule has 1 heterocycles. The lowest BCUT2D eigenvalue weighted by molar-refractivity contribution is -0.116. The Labute approximate surface area is 122 Å². The van der Waals surface area contributed by atoms with Crippen molar-refractivity contribution >= 4 is 23.2 Å². The van der Waals surface area contributed by atoms with E-state index in [9.17, 15) is 4.79 Å². The zero-order valence-electron chi connectivity index (χ0n) is 11.7. The quantitative estimate of drug-likeness (QED) is 0.813. The van der Waals surface area contributed by atoms with E-state index in [1.54, 1.807) is 11.8 Å². The fourth-order valence-corrected chi connectivity index (χ4v) is 2.28. The van der Waals surface area contributed by atoms with Crippen LogP contribution in [0.4, 0.5) is 5.69 Å². The number of benzene rings is 1. The summed E-state index contributed by atoms with van der Waals surface area (Å²) in [7, 11) is 0. The number of amides is 1. The monoisotopic (exact) mass is 293 g/mol. The van der Waals surface area contributed by atoms with Gasteiger partial charge in [0.15, 0.2) is 0 Å². The van der Waals surface area contributed by atoms with E-state index in [4.69, 9.17) is 16.0 Å². The summed E-state index contributed by atoms with van der Waals surface area (Å²) in [5.41, 5.74) is 2.84. The summed E-state index contributed by atoms with van der Waals surface area (Å²) in [5.74, 6) is 0.573. The predicted octanol–water partition coefficient (Wildman–Crippen LogP) is 2.77. The summed E-state index contributed by atoms with van der Waals surface area (Å²) in [6, 6.07) is 5.86. The number of aryl methyl sites for hydroxylation is 3. The third kappa shape index (κ3) is 2.99. The van der Waals surface area contributed by atoms with Crippen molar-refractivity contribution < 1.29 is 9.21 Å². The average Bonchev–Trinajstić information content (AvgIpc) is 2.82. The van der Waals surface area contributed by atoms with Gasteiger partial charge in [0.2, 0.25) is 17.7 Å². The summed E-state index contributed by atoms with van der Waals surface area (Å²) in [4.78, 5) is 13.7. The first kappa shape index (κ1) is 14.5. The zero-order chi connectivity index (χ0) is 14.7. The highest BCUT2D eigenvalue weighted by atomic mass is 35.5. The normalized spacial score (nSPS) is 10.6. The molecule has 0 aliphatic rings. The van der Waals surface area contributed by atoms with Crippen molar-refractivity contribution in [3.05, 3.63) is 41.1 Å². The Morgan fingerprint density at radius 2 is 1.90 bits per heavy atom. The lowest BCUT2D eigenvalue weighted by Gasteiger charge is -2.24. The van der Waals surface area contributed by atoms with Crippen molar-refractivity contribution in [1.29, 1.82) is 0 Å². The molecule has 2 rings (SSSR count). The lowest BCUT2D eigenvalue weighted by Crippen LogP contribution is -2.32. The van der Waals surface area contributed by atoms with Crippen molar-refractivity contribution in [2.45, 2.75) is 27.3 Å². The van der Waals surface area contributed by atoms with Crippen LogP contribution < -0.4 is 4.90 Å². The van der Waals surface area contributed by atoms with E-state index in [0.717, 1.165) is 16.8 Å². The first-order valence-electron chi connectivity index (χ1n) is 6.24. The van der Waals surface area contributed by atoms with E-state index >= 15 is 0 Å². The Bertz CT molecular complexity index is 604. The maximum absolute atomic E-state index is 12.1. The molecule has 0 atom stereocenters. The van der Waals surface area contributed by atoms with E-state index < -0.39 is 0 Å². The molecule has 0 radical (unpaired) electrons. The molecule has 1 aromatic carbocycles. The Kier molecular flexibility index (Phi) is 4.39. The summed E-state index contributed by atoms with van der Waals surface area (Å²) < 4.78 is 5.35. The van der Waals surface area contributed by atoms with Gasteiger partial charge >= 0.3 is 0 Å². The Morgan fingerprint density at radius 3 is 2.40 bits per heavy atom. The van der Waals surface area contributed by atoms with Crippen LogP contribution in [0.25, 0.3) is 0 Å². The molecule has 0 aliphatic heterocycles. The van der Waals surface area contributed by atoms with Crippen LogP contribution in [-0.2, 0) is 11.3 Å². The second-order valence-corrected chi connectivity index (χ2v) is 4.84.